The van der Waals surface area contributed by atoms with Crippen LogP contribution in [0.3, 0.4) is 0 Å². The molecule has 0 saturated heterocycles. The average Bonchev–Trinajstić information content (AvgIpc) is 2.87. The molecule has 27 heavy (non-hydrogen) atoms. The summed E-state index contributed by atoms with van der Waals surface area (Å²) >= 11 is 0. The number of aromatic nitrogens is 2. The molecule has 2 rings (SSSR count). The Labute approximate surface area is 161 Å². The Kier molecular flexibility index (Phi) is 7.16. The van der Waals surface area contributed by atoms with Gasteiger partial charge in [0.15, 0.2) is 0 Å². The second kappa shape index (κ2) is 9.35. The van der Waals surface area contributed by atoms with Crippen molar-refractivity contribution < 1.29 is 9.59 Å². The third-order valence-electron chi connectivity index (χ3n) is 4.53. The molecule has 2 aromatic rings. The van der Waals surface area contributed by atoms with Crippen LogP contribution in [0, 0.1) is 19.8 Å². The van der Waals surface area contributed by atoms with E-state index < -0.39 is 0 Å². The van der Waals surface area contributed by atoms with E-state index >= 15 is 0 Å². The van der Waals surface area contributed by atoms with E-state index in [1.54, 1.807) is 0 Å². The van der Waals surface area contributed by atoms with Gasteiger partial charge in [0.2, 0.25) is 11.8 Å². The first-order chi connectivity index (χ1) is 12.8. The molecular weight excluding hydrogens is 340 g/mol. The third-order valence-corrected chi connectivity index (χ3v) is 4.53. The van der Waals surface area contributed by atoms with Crippen LogP contribution in [-0.2, 0) is 29.0 Å². The Bertz CT molecular complexity index is 809. The smallest absolute Gasteiger partial charge is 0.243 e. The van der Waals surface area contributed by atoms with E-state index in [-0.39, 0.29) is 24.8 Å². The van der Waals surface area contributed by atoms with Gasteiger partial charge in [0.05, 0.1) is 18.7 Å². The number of hydrogen-bond donors (Lipinski definition) is 2. The molecule has 1 aromatic heterocycles. The fourth-order valence-electron chi connectivity index (χ4n) is 3.06. The fraction of sp³-hybridized carbons (Fsp3) is 0.476. The number of rotatable bonds is 8. The van der Waals surface area contributed by atoms with E-state index in [1.165, 1.54) is 0 Å². The van der Waals surface area contributed by atoms with Crippen molar-refractivity contribution in [2.75, 3.05) is 11.9 Å². The zero-order valence-corrected chi connectivity index (χ0v) is 16.9. The van der Waals surface area contributed by atoms with Crippen molar-refractivity contribution in [2.45, 2.75) is 54.0 Å². The Balaban J connectivity index is 1.91. The summed E-state index contributed by atoms with van der Waals surface area (Å²) in [5, 5.41) is 10.1. The molecule has 0 bridgehead atoms. The van der Waals surface area contributed by atoms with Crippen LogP contribution in [-0.4, -0.2) is 28.1 Å². The van der Waals surface area contributed by atoms with Gasteiger partial charge in [-0.3, -0.25) is 14.3 Å². The molecule has 6 nitrogen and oxygen atoms in total. The van der Waals surface area contributed by atoms with Crippen LogP contribution in [0.5, 0.6) is 0 Å². The SMILES string of the molecule is CCc1ccccc1NC(=O)CNC(=O)Cc1c(C)nn(CC(C)C)c1C. The van der Waals surface area contributed by atoms with E-state index in [2.05, 4.69) is 29.6 Å². The number of anilines is 1. The van der Waals surface area contributed by atoms with Crippen LogP contribution in [0.1, 0.15) is 43.3 Å². The lowest BCUT2D eigenvalue weighted by molar-refractivity contribution is -0.123. The average molecular weight is 370 g/mol. The van der Waals surface area contributed by atoms with Crippen molar-refractivity contribution >= 4 is 17.5 Å². The van der Waals surface area contributed by atoms with Gasteiger partial charge >= 0.3 is 0 Å². The summed E-state index contributed by atoms with van der Waals surface area (Å²) in [5.74, 6) is 0.0804. The number of hydrogen-bond acceptors (Lipinski definition) is 3. The highest BCUT2D eigenvalue weighted by Gasteiger charge is 2.16. The molecule has 1 heterocycles. The number of nitrogens with zero attached hydrogens (tertiary/aromatic N) is 2. The molecule has 0 fully saturated rings. The number of benzene rings is 1. The van der Waals surface area contributed by atoms with Gasteiger partial charge in [-0.2, -0.15) is 5.10 Å². The molecule has 2 amide bonds. The number of amides is 2. The highest BCUT2D eigenvalue weighted by Crippen LogP contribution is 2.16. The van der Waals surface area contributed by atoms with Crippen LogP contribution in [0.15, 0.2) is 24.3 Å². The number of nitrogens with one attached hydrogen (secondary N) is 2. The van der Waals surface area contributed by atoms with E-state index in [9.17, 15) is 9.59 Å². The summed E-state index contributed by atoms with van der Waals surface area (Å²) in [6, 6.07) is 7.68. The van der Waals surface area contributed by atoms with Gasteiger partial charge in [0.1, 0.15) is 0 Å². The van der Waals surface area contributed by atoms with Gasteiger partial charge in [-0.1, -0.05) is 39.0 Å². The van der Waals surface area contributed by atoms with Crippen LogP contribution in [0.4, 0.5) is 5.69 Å². The molecule has 146 valence electrons. The Morgan fingerprint density at radius 1 is 1.15 bits per heavy atom. The molecule has 0 aliphatic carbocycles. The van der Waals surface area contributed by atoms with E-state index in [4.69, 9.17) is 0 Å². The van der Waals surface area contributed by atoms with Gasteiger partial charge in [-0.15, -0.1) is 0 Å². The quantitative estimate of drug-likeness (QED) is 0.750. The largest absolute Gasteiger partial charge is 0.347 e. The van der Waals surface area contributed by atoms with Crippen molar-refractivity contribution in [3.8, 4) is 0 Å². The monoisotopic (exact) mass is 370 g/mol. The lowest BCUT2D eigenvalue weighted by atomic mass is 10.1. The highest BCUT2D eigenvalue weighted by molar-refractivity contribution is 5.95. The van der Waals surface area contributed by atoms with Crippen LogP contribution >= 0.6 is 0 Å². The van der Waals surface area contributed by atoms with Gasteiger partial charge in [-0.05, 0) is 37.8 Å². The summed E-state index contributed by atoms with van der Waals surface area (Å²) in [5.41, 5.74) is 4.68. The summed E-state index contributed by atoms with van der Waals surface area (Å²) in [6.07, 6.45) is 1.07. The topological polar surface area (TPSA) is 76.0 Å². The van der Waals surface area contributed by atoms with Crippen molar-refractivity contribution in [1.82, 2.24) is 15.1 Å². The first kappa shape index (κ1) is 20.7. The van der Waals surface area contributed by atoms with Crippen LogP contribution < -0.4 is 10.6 Å². The molecule has 0 atom stereocenters. The Morgan fingerprint density at radius 3 is 2.52 bits per heavy atom. The van der Waals surface area contributed by atoms with Crippen molar-refractivity contribution in [3.63, 3.8) is 0 Å². The molecule has 0 saturated carbocycles. The number of carbonyl (C=O) groups excluding carboxylic acids is 2. The fourth-order valence-corrected chi connectivity index (χ4v) is 3.06. The number of para-hydroxylation sites is 1. The van der Waals surface area contributed by atoms with Crippen molar-refractivity contribution in [1.29, 1.82) is 0 Å². The minimum Gasteiger partial charge on any atom is -0.347 e. The Hall–Kier alpha value is -2.63. The van der Waals surface area contributed by atoms with Crippen LogP contribution in [0.2, 0.25) is 0 Å². The van der Waals surface area contributed by atoms with Gasteiger partial charge < -0.3 is 10.6 Å². The number of aryl methyl sites for hydroxylation is 2. The van der Waals surface area contributed by atoms with Gasteiger partial charge in [0.25, 0.3) is 0 Å². The predicted octanol–water partition coefficient (Wildman–Crippen LogP) is 3.02. The molecular formula is C21H30N4O2. The maximum atomic E-state index is 12.3. The van der Waals surface area contributed by atoms with Gasteiger partial charge in [0, 0.05) is 23.5 Å². The normalized spacial score (nSPS) is 10.9. The minimum absolute atomic E-state index is 0.0465. The zero-order valence-electron chi connectivity index (χ0n) is 16.9. The summed E-state index contributed by atoms with van der Waals surface area (Å²) < 4.78 is 1.96. The number of carbonyl (C=O) groups is 2. The van der Waals surface area contributed by atoms with Gasteiger partial charge in [-0.25, -0.2) is 0 Å². The Morgan fingerprint density at radius 2 is 1.85 bits per heavy atom. The molecule has 0 aliphatic heterocycles. The van der Waals surface area contributed by atoms with E-state index in [0.717, 1.165) is 41.2 Å². The summed E-state index contributed by atoms with van der Waals surface area (Å²) in [6.45, 7) is 11.0. The first-order valence-electron chi connectivity index (χ1n) is 9.49. The minimum atomic E-state index is -0.229. The molecule has 0 unspecified atom stereocenters. The second-order valence-electron chi connectivity index (χ2n) is 7.24. The standard InChI is InChI=1S/C21H30N4O2/c1-6-17-9-7-8-10-19(17)23-21(27)12-22-20(26)11-18-15(4)24-25(16(18)5)13-14(2)3/h7-10,14H,6,11-13H2,1-5H3,(H,22,26)(H,23,27). The highest BCUT2D eigenvalue weighted by atomic mass is 16.2. The van der Waals surface area contributed by atoms with Crippen molar-refractivity contribution in [3.05, 3.63) is 46.8 Å². The van der Waals surface area contributed by atoms with E-state index in [1.807, 2.05) is 49.7 Å². The molecule has 6 heteroatoms. The molecule has 2 N–H and O–H groups in total. The molecule has 0 spiro atoms. The molecule has 1 aromatic carbocycles. The maximum Gasteiger partial charge on any atom is 0.243 e. The summed E-state index contributed by atoms with van der Waals surface area (Å²) in [4.78, 5) is 24.5. The molecule has 0 aliphatic rings. The second-order valence-corrected chi connectivity index (χ2v) is 7.24. The predicted molar refractivity (Wildman–Crippen MR) is 108 cm³/mol. The zero-order chi connectivity index (χ0) is 20.0. The third kappa shape index (κ3) is 5.67. The summed E-state index contributed by atoms with van der Waals surface area (Å²) in [7, 11) is 0. The maximum absolute atomic E-state index is 12.3. The van der Waals surface area contributed by atoms with Crippen molar-refractivity contribution in [2.24, 2.45) is 5.92 Å². The van der Waals surface area contributed by atoms with Crippen LogP contribution in [0.25, 0.3) is 0 Å². The molecule has 0 radical (unpaired) electrons. The first-order valence-corrected chi connectivity index (χ1v) is 9.49. The van der Waals surface area contributed by atoms with E-state index in [0.29, 0.717) is 5.92 Å². The lowest BCUT2D eigenvalue weighted by Gasteiger charge is -2.11. The lowest BCUT2D eigenvalue weighted by Crippen LogP contribution is -2.34.